The molecule has 0 heterocycles. The van der Waals surface area contributed by atoms with Gasteiger partial charge in [0.25, 0.3) is 0 Å². The Morgan fingerprint density at radius 1 is 0.923 bits per heavy atom. The molecule has 0 aliphatic heterocycles. The van der Waals surface area contributed by atoms with Gasteiger partial charge in [0.1, 0.15) is 5.78 Å². The zero-order valence-corrected chi connectivity index (χ0v) is 16.5. The van der Waals surface area contributed by atoms with Crippen LogP contribution in [0.15, 0.2) is 24.3 Å². The Hall–Kier alpha value is -1.44. The molecule has 26 heavy (non-hydrogen) atoms. The Morgan fingerprint density at radius 2 is 1.58 bits per heavy atom. The fraction of sp³-hybridized carbons (Fsp3) is 0.667. The summed E-state index contributed by atoms with van der Waals surface area (Å²) in [5, 5.41) is 0. The minimum Gasteiger partial charge on any atom is -0.299 e. The van der Waals surface area contributed by atoms with Crippen LogP contribution < -0.4 is 0 Å². The first-order chi connectivity index (χ1) is 12.6. The minimum atomic E-state index is 0.226. The predicted octanol–water partition coefficient (Wildman–Crippen LogP) is 6.34. The van der Waals surface area contributed by atoms with E-state index in [1.54, 1.807) is 0 Å². The highest BCUT2D eigenvalue weighted by Gasteiger charge is 2.34. The van der Waals surface area contributed by atoms with Crippen molar-refractivity contribution < 1.29 is 9.59 Å². The first-order valence-corrected chi connectivity index (χ1v) is 10.8. The fourth-order valence-electron chi connectivity index (χ4n) is 5.23. The van der Waals surface area contributed by atoms with E-state index in [0.29, 0.717) is 30.0 Å². The second-order valence-electron chi connectivity index (χ2n) is 8.50. The lowest BCUT2D eigenvalue weighted by Crippen LogP contribution is -2.30. The number of benzene rings is 1. The molecule has 0 radical (unpaired) electrons. The number of hydrogen-bond donors (Lipinski definition) is 0. The van der Waals surface area contributed by atoms with Crippen LogP contribution in [0.3, 0.4) is 0 Å². The van der Waals surface area contributed by atoms with Gasteiger partial charge >= 0.3 is 0 Å². The first-order valence-electron chi connectivity index (χ1n) is 10.8. The molecule has 0 aromatic heterocycles. The number of carbonyl (C=O) groups excluding carboxylic acids is 2. The maximum absolute atomic E-state index is 12.4. The molecule has 1 aromatic rings. The largest absolute Gasteiger partial charge is 0.299 e. The van der Waals surface area contributed by atoms with Crippen LogP contribution in [0.1, 0.15) is 99.9 Å². The summed E-state index contributed by atoms with van der Waals surface area (Å²) in [6.07, 6.45) is 11.0. The summed E-state index contributed by atoms with van der Waals surface area (Å²) in [5.41, 5.74) is 2.23. The molecule has 0 N–H and O–H groups in total. The van der Waals surface area contributed by atoms with E-state index >= 15 is 0 Å². The molecule has 142 valence electrons. The lowest BCUT2D eigenvalue weighted by Gasteiger charge is -2.37. The van der Waals surface area contributed by atoms with Gasteiger partial charge in [-0.1, -0.05) is 44.5 Å². The van der Waals surface area contributed by atoms with Gasteiger partial charge in [0.2, 0.25) is 0 Å². The van der Waals surface area contributed by atoms with Gasteiger partial charge in [-0.2, -0.15) is 0 Å². The van der Waals surface area contributed by atoms with Crippen LogP contribution in [0.5, 0.6) is 0 Å². The lowest BCUT2D eigenvalue weighted by molar-refractivity contribution is -0.127. The molecule has 0 saturated heterocycles. The molecule has 2 atom stereocenters. The van der Waals surface area contributed by atoms with Crippen LogP contribution in [-0.4, -0.2) is 11.6 Å². The number of rotatable bonds is 6. The third kappa shape index (κ3) is 4.45. The SMILES string of the molecule is CCC[C@H]1CC[C@H](C2CCC(c3ccc(C(=O)CC)cc3)CC2)CC1=O. The smallest absolute Gasteiger partial charge is 0.162 e. The number of carbonyl (C=O) groups is 2. The summed E-state index contributed by atoms with van der Waals surface area (Å²) < 4.78 is 0. The molecule has 0 unspecified atom stereocenters. The van der Waals surface area contributed by atoms with E-state index in [1.165, 1.54) is 37.7 Å². The average Bonchev–Trinajstić information content (AvgIpc) is 2.69. The van der Waals surface area contributed by atoms with E-state index in [2.05, 4.69) is 19.1 Å². The summed E-state index contributed by atoms with van der Waals surface area (Å²) in [6, 6.07) is 8.32. The molecule has 2 fully saturated rings. The van der Waals surface area contributed by atoms with Crippen molar-refractivity contribution in [2.45, 2.75) is 84.0 Å². The summed E-state index contributed by atoms with van der Waals surface area (Å²) in [6.45, 7) is 4.10. The number of ketones is 2. The van der Waals surface area contributed by atoms with Gasteiger partial charge in [0.15, 0.2) is 5.78 Å². The van der Waals surface area contributed by atoms with Crippen molar-refractivity contribution in [3.63, 3.8) is 0 Å². The Labute approximate surface area is 158 Å². The monoisotopic (exact) mass is 354 g/mol. The third-order valence-corrected chi connectivity index (χ3v) is 6.91. The van der Waals surface area contributed by atoms with Crippen LogP contribution in [0.2, 0.25) is 0 Å². The van der Waals surface area contributed by atoms with E-state index in [1.807, 2.05) is 19.1 Å². The Bertz CT molecular complexity index is 608. The molecule has 2 aliphatic rings. The van der Waals surface area contributed by atoms with Crippen molar-refractivity contribution in [1.29, 1.82) is 0 Å². The molecule has 0 spiro atoms. The van der Waals surface area contributed by atoms with Crippen molar-refractivity contribution in [2.75, 3.05) is 0 Å². The van der Waals surface area contributed by atoms with Gasteiger partial charge in [0.05, 0.1) is 0 Å². The van der Waals surface area contributed by atoms with E-state index in [9.17, 15) is 9.59 Å². The van der Waals surface area contributed by atoms with E-state index in [-0.39, 0.29) is 5.78 Å². The molecular weight excluding hydrogens is 320 g/mol. The fourth-order valence-corrected chi connectivity index (χ4v) is 5.23. The molecule has 1 aromatic carbocycles. The van der Waals surface area contributed by atoms with Gasteiger partial charge in [0, 0.05) is 24.3 Å². The van der Waals surface area contributed by atoms with Crippen molar-refractivity contribution >= 4 is 11.6 Å². The van der Waals surface area contributed by atoms with Gasteiger partial charge < -0.3 is 0 Å². The topological polar surface area (TPSA) is 34.1 Å². The van der Waals surface area contributed by atoms with Gasteiger partial charge in [-0.25, -0.2) is 0 Å². The van der Waals surface area contributed by atoms with Crippen LogP contribution >= 0.6 is 0 Å². The molecule has 2 aliphatic carbocycles. The van der Waals surface area contributed by atoms with E-state index < -0.39 is 0 Å². The Balaban J connectivity index is 1.51. The highest BCUT2D eigenvalue weighted by atomic mass is 16.1. The Morgan fingerprint density at radius 3 is 2.15 bits per heavy atom. The minimum absolute atomic E-state index is 0.226. The molecule has 0 amide bonds. The summed E-state index contributed by atoms with van der Waals surface area (Å²) in [7, 11) is 0. The quantitative estimate of drug-likeness (QED) is 0.559. The molecule has 2 heteroatoms. The summed E-state index contributed by atoms with van der Waals surface area (Å²) in [4.78, 5) is 24.2. The van der Waals surface area contributed by atoms with Gasteiger partial charge in [-0.3, -0.25) is 9.59 Å². The summed E-state index contributed by atoms with van der Waals surface area (Å²) in [5.74, 6) is 3.14. The molecule has 2 nitrogen and oxygen atoms in total. The summed E-state index contributed by atoms with van der Waals surface area (Å²) >= 11 is 0. The van der Waals surface area contributed by atoms with Crippen LogP contribution in [0.4, 0.5) is 0 Å². The van der Waals surface area contributed by atoms with E-state index in [0.717, 1.165) is 37.2 Å². The zero-order chi connectivity index (χ0) is 18.5. The van der Waals surface area contributed by atoms with Crippen molar-refractivity contribution in [1.82, 2.24) is 0 Å². The van der Waals surface area contributed by atoms with Crippen molar-refractivity contribution in [3.05, 3.63) is 35.4 Å². The third-order valence-electron chi connectivity index (χ3n) is 6.91. The highest BCUT2D eigenvalue weighted by molar-refractivity contribution is 5.95. The maximum Gasteiger partial charge on any atom is 0.162 e. The predicted molar refractivity (Wildman–Crippen MR) is 107 cm³/mol. The second kappa shape index (κ2) is 8.97. The number of hydrogen-bond acceptors (Lipinski definition) is 2. The first kappa shape index (κ1) is 19.3. The molecular formula is C24H34O2. The average molecular weight is 355 g/mol. The molecule has 0 bridgehead atoms. The van der Waals surface area contributed by atoms with Gasteiger partial charge in [-0.15, -0.1) is 0 Å². The van der Waals surface area contributed by atoms with Crippen molar-refractivity contribution in [3.8, 4) is 0 Å². The number of Topliss-reactive ketones (excluding diaryl/α,β-unsaturated/α-hetero) is 2. The molecule has 3 rings (SSSR count). The Kier molecular flexibility index (Phi) is 6.67. The van der Waals surface area contributed by atoms with Crippen LogP contribution in [0.25, 0.3) is 0 Å². The lowest BCUT2D eigenvalue weighted by atomic mass is 9.67. The maximum atomic E-state index is 12.4. The van der Waals surface area contributed by atoms with E-state index in [4.69, 9.17) is 0 Å². The normalized spacial score (nSPS) is 29.5. The second-order valence-corrected chi connectivity index (χ2v) is 8.50. The van der Waals surface area contributed by atoms with Crippen molar-refractivity contribution in [2.24, 2.45) is 17.8 Å². The molecule has 2 saturated carbocycles. The standard InChI is InChI=1S/C24H34O2/c1-3-5-20-14-15-22(16-24(20)26)19-8-6-17(7-9-19)18-10-12-21(13-11-18)23(25)4-2/h10-13,17,19-20,22H,3-9,14-16H2,1-2H3/t17?,19?,20-,22-/m0/s1. The van der Waals surface area contributed by atoms with Crippen LogP contribution in [0, 0.1) is 17.8 Å². The highest BCUT2D eigenvalue weighted by Crippen LogP contribution is 2.43. The van der Waals surface area contributed by atoms with Crippen LogP contribution in [-0.2, 0) is 4.79 Å². The van der Waals surface area contributed by atoms with Gasteiger partial charge in [-0.05, 0) is 68.3 Å². The zero-order valence-electron chi connectivity index (χ0n) is 16.5.